The standard InChI is InChI=1S/C12H27NO3S/c1-4-5-6-8-13-11-12(2)17(14,15)10-7-9-16-3/h12-13H,4-11H2,1-3H3. The molecule has 0 saturated carbocycles. The van der Waals surface area contributed by atoms with E-state index in [1.807, 2.05) is 0 Å². The van der Waals surface area contributed by atoms with Crippen LogP contribution in [0, 0.1) is 0 Å². The van der Waals surface area contributed by atoms with E-state index in [0.29, 0.717) is 19.6 Å². The van der Waals surface area contributed by atoms with E-state index in [4.69, 9.17) is 4.74 Å². The van der Waals surface area contributed by atoms with E-state index < -0.39 is 9.84 Å². The number of hydrogen-bond donors (Lipinski definition) is 1. The van der Waals surface area contributed by atoms with E-state index in [-0.39, 0.29) is 11.0 Å². The first-order valence-corrected chi connectivity index (χ1v) is 8.17. The third-order valence-electron chi connectivity index (χ3n) is 2.78. The quantitative estimate of drug-likeness (QED) is 0.577. The number of methoxy groups -OCH3 is 1. The van der Waals surface area contributed by atoms with Crippen LogP contribution in [0.4, 0.5) is 0 Å². The fourth-order valence-corrected chi connectivity index (χ4v) is 2.83. The molecule has 0 aliphatic rings. The van der Waals surface area contributed by atoms with Gasteiger partial charge in [0.2, 0.25) is 0 Å². The van der Waals surface area contributed by atoms with Crippen LogP contribution in [0.1, 0.15) is 39.5 Å². The SMILES string of the molecule is CCCCCNCC(C)S(=O)(=O)CCCOC. The van der Waals surface area contributed by atoms with Gasteiger partial charge in [-0.05, 0) is 26.3 Å². The van der Waals surface area contributed by atoms with Crippen LogP contribution in [0.25, 0.3) is 0 Å². The van der Waals surface area contributed by atoms with Gasteiger partial charge in [0.05, 0.1) is 11.0 Å². The highest BCUT2D eigenvalue weighted by molar-refractivity contribution is 7.92. The molecule has 0 fully saturated rings. The van der Waals surface area contributed by atoms with Crippen molar-refractivity contribution in [1.82, 2.24) is 5.32 Å². The molecule has 0 aromatic rings. The summed E-state index contributed by atoms with van der Waals surface area (Å²) in [5.41, 5.74) is 0. The third-order valence-corrected chi connectivity index (χ3v) is 5.03. The Balaban J connectivity index is 3.75. The van der Waals surface area contributed by atoms with Crippen LogP contribution < -0.4 is 5.32 Å². The largest absolute Gasteiger partial charge is 0.385 e. The van der Waals surface area contributed by atoms with Crippen molar-refractivity contribution >= 4 is 9.84 Å². The molecule has 0 amide bonds. The van der Waals surface area contributed by atoms with Crippen LogP contribution >= 0.6 is 0 Å². The number of hydrogen-bond acceptors (Lipinski definition) is 4. The van der Waals surface area contributed by atoms with E-state index in [0.717, 1.165) is 13.0 Å². The number of rotatable bonds is 11. The minimum atomic E-state index is -2.97. The van der Waals surface area contributed by atoms with Gasteiger partial charge in [0, 0.05) is 20.3 Å². The Morgan fingerprint density at radius 3 is 2.53 bits per heavy atom. The molecule has 1 atom stereocenters. The molecule has 0 aromatic heterocycles. The second-order valence-corrected chi connectivity index (χ2v) is 6.97. The van der Waals surface area contributed by atoms with Crippen LogP contribution in [-0.2, 0) is 14.6 Å². The Bertz CT molecular complexity index is 265. The smallest absolute Gasteiger partial charge is 0.154 e. The predicted octanol–water partition coefficient (Wildman–Crippen LogP) is 1.61. The van der Waals surface area contributed by atoms with Crippen LogP contribution in [0.3, 0.4) is 0 Å². The van der Waals surface area contributed by atoms with Crippen LogP contribution in [0.15, 0.2) is 0 Å². The maximum Gasteiger partial charge on any atom is 0.154 e. The van der Waals surface area contributed by atoms with Crippen LogP contribution in [0.5, 0.6) is 0 Å². The van der Waals surface area contributed by atoms with Crippen LogP contribution in [-0.4, -0.2) is 46.2 Å². The molecule has 104 valence electrons. The lowest BCUT2D eigenvalue weighted by Crippen LogP contribution is -2.33. The summed E-state index contributed by atoms with van der Waals surface area (Å²) in [6.07, 6.45) is 4.08. The molecule has 0 aliphatic heterocycles. The molecule has 5 heteroatoms. The van der Waals surface area contributed by atoms with Crippen LogP contribution in [0.2, 0.25) is 0 Å². The molecular formula is C12H27NO3S. The summed E-state index contributed by atoms with van der Waals surface area (Å²) in [6, 6.07) is 0. The maximum absolute atomic E-state index is 11.8. The zero-order valence-corrected chi connectivity index (χ0v) is 12.2. The summed E-state index contributed by atoms with van der Waals surface area (Å²) in [5.74, 6) is 0.221. The van der Waals surface area contributed by atoms with Crippen molar-refractivity contribution in [3.8, 4) is 0 Å². The minimum absolute atomic E-state index is 0.221. The zero-order chi connectivity index (χ0) is 13.1. The Morgan fingerprint density at radius 1 is 1.24 bits per heavy atom. The average Bonchev–Trinajstić information content (AvgIpc) is 2.28. The molecule has 0 aromatic carbocycles. The first-order chi connectivity index (χ1) is 8.04. The lowest BCUT2D eigenvalue weighted by atomic mass is 10.2. The molecule has 0 aliphatic carbocycles. The van der Waals surface area contributed by atoms with Gasteiger partial charge in [0.1, 0.15) is 0 Å². The molecule has 0 radical (unpaired) electrons. The Hall–Kier alpha value is -0.130. The summed E-state index contributed by atoms with van der Waals surface area (Å²) in [5, 5.41) is 2.90. The van der Waals surface area contributed by atoms with E-state index in [2.05, 4.69) is 12.2 Å². The van der Waals surface area contributed by atoms with Gasteiger partial charge in [0.15, 0.2) is 9.84 Å². The fourth-order valence-electron chi connectivity index (χ4n) is 1.54. The fraction of sp³-hybridized carbons (Fsp3) is 1.00. The molecule has 1 unspecified atom stereocenters. The third kappa shape index (κ3) is 8.57. The number of ether oxygens (including phenoxy) is 1. The second-order valence-electron chi connectivity index (χ2n) is 4.44. The molecule has 17 heavy (non-hydrogen) atoms. The van der Waals surface area contributed by atoms with Gasteiger partial charge in [-0.25, -0.2) is 8.42 Å². The predicted molar refractivity (Wildman–Crippen MR) is 72.1 cm³/mol. The average molecular weight is 265 g/mol. The van der Waals surface area contributed by atoms with Gasteiger partial charge in [-0.3, -0.25) is 0 Å². The Morgan fingerprint density at radius 2 is 1.94 bits per heavy atom. The summed E-state index contributed by atoms with van der Waals surface area (Å²) in [7, 11) is -1.38. The molecule has 0 rings (SSSR count). The summed E-state index contributed by atoms with van der Waals surface area (Å²) in [6.45, 7) is 5.90. The van der Waals surface area contributed by atoms with E-state index in [1.165, 1.54) is 12.8 Å². The number of sulfone groups is 1. The highest BCUT2D eigenvalue weighted by atomic mass is 32.2. The summed E-state index contributed by atoms with van der Waals surface area (Å²) < 4.78 is 28.5. The maximum atomic E-state index is 11.8. The second kappa shape index (κ2) is 9.85. The Kier molecular flexibility index (Phi) is 9.78. The number of unbranched alkanes of at least 4 members (excludes halogenated alkanes) is 2. The summed E-state index contributed by atoms with van der Waals surface area (Å²) in [4.78, 5) is 0. The Labute approximate surface area is 106 Å². The van der Waals surface area contributed by atoms with Gasteiger partial charge < -0.3 is 10.1 Å². The zero-order valence-electron chi connectivity index (χ0n) is 11.4. The first-order valence-electron chi connectivity index (χ1n) is 6.45. The van der Waals surface area contributed by atoms with Crippen molar-refractivity contribution in [3.63, 3.8) is 0 Å². The van der Waals surface area contributed by atoms with Crippen molar-refractivity contribution in [1.29, 1.82) is 0 Å². The lowest BCUT2D eigenvalue weighted by molar-refractivity contribution is 0.199. The van der Waals surface area contributed by atoms with E-state index >= 15 is 0 Å². The normalized spacial score (nSPS) is 13.8. The topological polar surface area (TPSA) is 55.4 Å². The highest BCUT2D eigenvalue weighted by Crippen LogP contribution is 2.03. The monoisotopic (exact) mass is 265 g/mol. The van der Waals surface area contributed by atoms with E-state index in [1.54, 1.807) is 14.0 Å². The lowest BCUT2D eigenvalue weighted by Gasteiger charge is -2.13. The molecule has 0 saturated heterocycles. The van der Waals surface area contributed by atoms with Gasteiger partial charge in [-0.1, -0.05) is 19.8 Å². The van der Waals surface area contributed by atoms with Gasteiger partial charge >= 0.3 is 0 Å². The molecule has 0 heterocycles. The molecule has 4 nitrogen and oxygen atoms in total. The van der Waals surface area contributed by atoms with Crippen molar-refractivity contribution < 1.29 is 13.2 Å². The minimum Gasteiger partial charge on any atom is -0.385 e. The molecule has 0 bridgehead atoms. The van der Waals surface area contributed by atoms with Crippen molar-refractivity contribution in [2.75, 3.05) is 32.6 Å². The highest BCUT2D eigenvalue weighted by Gasteiger charge is 2.19. The van der Waals surface area contributed by atoms with Gasteiger partial charge in [-0.2, -0.15) is 0 Å². The molecule has 1 N–H and O–H groups in total. The van der Waals surface area contributed by atoms with Crippen molar-refractivity contribution in [2.24, 2.45) is 0 Å². The van der Waals surface area contributed by atoms with Crippen molar-refractivity contribution in [2.45, 2.75) is 44.8 Å². The van der Waals surface area contributed by atoms with Gasteiger partial charge in [0.25, 0.3) is 0 Å². The van der Waals surface area contributed by atoms with Gasteiger partial charge in [-0.15, -0.1) is 0 Å². The number of nitrogens with one attached hydrogen (secondary N) is 1. The van der Waals surface area contributed by atoms with E-state index in [9.17, 15) is 8.42 Å². The first kappa shape index (κ1) is 16.9. The summed E-state index contributed by atoms with van der Waals surface area (Å²) >= 11 is 0. The molecular weight excluding hydrogens is 238 g/mol. The van der Waals surface area contributed by atoms with Crippen molar-refractivity contribution in [3.05, 3.63) is 0 Å². The molecule has 0 spiro atoms.